The van der Waals surface area contributed by atoms with Gasteiger partial charge >= 0.3 is 11.9 Å². The van der Waals surface area contributed by atoms with Gasteiger partial charge in [-0.05, 0) is 141 Å². The van der Waals surface area contributed by atoms with Crippen molar-refractivity contribution in [2.24, 2.45) is 55.7 Å². The molecule has 0 heterocycles. The average Bonchev–Trinajstić information content (AvgIpc) is 3.59. The zero-order chi connectivity index (χ0) is 38.7. The van der Waals surface area contributed by atoms with Crippen molar-refractivity contribution in [2.75, 3.05) is 13.6 Å². The van der Waals surface area contributed by atoms with E-state index < -0.39 is 28.9 Å². The van der Waals surface area contributed by atoms with Crippen molar-refractivity contribution in [1.29, 1.82) is 0 Å². The van der Waals surface area contributed by atoms with E-state index in [1.807, 2.05) is 24.3 Å². The number of halogens is 1. The van der Waals surface area contributed by atoms with Gasteiger partial charge in [-0.2, -0.15) is 0 Å². The van der Waals surface area contributed by atoms with Crippen LogP contribution in [0, 0.1) is 55.7 Å². The van der Waals surface area contributed by atoms with Crippen LogP contribution < -0.4 is 0 Å². The summed E-state index contributed by atoms with van der Waals surface area (Å²) in [6.45, 7) is 18.7. The van der Waals surface area contributed by atoms with Crippen LogP contribution in [0.15, 0.2) is 35.4 Å². The molecule has 0 aromatic heterocycles. The minimum absolute atomic E-state index is 0.00389. The van der Waals surface area contributed by atoms with Crippen LogP contribution in [0.2, 0.25) is 5.02 Å². The highest BCUT2D eigenvalue weighted by atomic mass is 35.5. The van der Waals surface area contributed by atoms with E-state index in [-0.39, 0.29) is 57.2 Å². The molecule has 8 heteroatoms. The number of ketones is 1. The van der Waals surface area contributed by atoms with Gasteiger partial charge in [0.1, 0.15) is 6.10 Å². The van der Waals surface area contributed by atoms with Gasteiger partial charge in [0.2, 0.25) is 0 Å². The number of benzene rings is 1. The Morgan fingerprint density at radius 2 is 1.60 bits per heavy atom. The molecule has 0 saturated heterocycles. The third kappa shape index (κ3) is 5.50. The standard InChI is InChI=1S/C45H64ClNO6/c1-27(2)36-31(48)22-44(33(49)25-47(9)24-28-10-12-29(46)13-11-28)20-18-40(5)30(37(36)44)14-15-32-41(40,6)19-21-45-26-43(45,8)34(16-17-42(32,45)7)53-35(50)23-39(3,4)38(51)52/h10-13,27,30,32-34,49H,14-26H2,1-9H3,(H,51,52)/t30-,32+,33-,34+,40-,41-,42-,43?,44?,45+/m1/s1. The van der Waals surface area contributed by atoms with Crippen LogP contribution >= 0.6 is 11.6 Å². The Labute approximate surface area is 322 Å². The first-order chi connectivity index (χ1) is 24.6. The van der Waals surface area contributed by atoms with E-state index in [0.29, 0.717) is 30.5 Å². The van der Waals surface area contributed by atoms with Gasteiger partial charge in [0.15, 0.2) is 5.78 Å². The molecule has 1 aromatic rings. The number of carbonyl (C=O) groups is 3. The van der Waals surface area contributed by atoms with E-state index in [2.05, 4.69) is 53.5 Å². The predicted molar refractivity (Wildman–Crippen MR) is 207 cm³/mol. The summed E-state index contributed by atoms with van der Waals surface area (Å²) in [5.74, 6) is -0.247. The maximum atomic E-state index is 14.1. The molecular weight excluding hydrogens is 686 g/mol. The number of carboxylic acid groups (broad SMARTS) is 1. The van der Waals surface area contributed by atoms with Crippen LogP contribution in [-0.4, -0.2) is 58.6 Å². The molecule has 292 valence electrons. The zero-order valence-corrected chi connectivity index (χ0v) is 34.5. The first kappa shape index (κ1) is 39.0. The minimum Gasteiger partial charge on any atom is -0.481 e. The Bertz CT molecular complexity index is 1720. The van der Waals surface area contributed by atoms with Crippen molar-refractivity contribution in [3.8, 4) is 0 Å². The highest BCUT2D eigenvalue weighted by Gasteiger charge is 2.82. The first-order valence-electron chi connectivity index (χ1n) is 20.4. The van der Waals surface area contributed by atoms with Crippen molar-refractivity contribution in [3.63, 3.8) is 0 Å². The second-order valence-electron chi connectivity index (χ2n) is 20.6. The molecule has 7 nitrogen and oxygen atoms in total. The molecule has 6 aliphatic carbocycles. The number of aliphatic carboxylic acids is 1. The summed E-state index contributed by atoms with van der Waals surface area (Å²) in [7, 11) is 2.06. The monoisotopic (exact) mass is 749 g/mol. The smallest absolute Gasteiger partial charge is 0.309 e. The number of esters is 1. The summed E-state index contributed by atoms with van der Waals surface area (Å²) in [5.41, 5.74) is 1.95. The largest absolute Gasteiger partial charge is 0.481 e. The van der Waals surface area contributed by atoms with Gasteiger partial charge in [-0.3, -0.25) is 19.3 Å². The lowest BCUT2D eigenvalue weighted by atomic mass is 9.33. The van der Waals surface area contributed by atoms with Gasteiger partial charge in [0, 0.05) is 35.4 Å². The molecule has 0 amide bonds. The van der Waals surface area contributed by atoms with Crippen LogP contribution in [-0.2, 0) is 25.7 Å². The summed E-state index contributed by atoms with van der Waals surface area (Å²) in [5, 5.41) is 22.7. The number of allylic oxidation sites excluding steroid dienone is 1. The Morgan fingerprint density at radius 3 is 2.25 bits per heavy atom. The Morgan fingerprint density at radius 1 is 0.943 bits per heavy atom. The maximum Gasteiger partial charge on any atom is 0.309 e. The van der Waals surface area contributed by atoms with Gasteiger partial charge in [0.25, 0.3) is 0 Å². The van der Waals surface area contributed by atoms with E-state index in [1.165, 1.54) is 5.57 Å². The van der Waals surface area contributed by atoms with Crippen LogP contribution in [0.1, 0.15) is 132 Å². The fourth-order valence-electron chi connectivity index (χ4n) is 14.2. The van der Waals surface area contributed by atoms with Gasteiger partial charge in [-0.15, -0.1) is 0 Å². The lowest BCUT2D eigenvalue weighted by Gasteiger charge is -2.71. The summed E-state index contributed by atoms with van der Waals surface area (Å²) in [6.07, 6.45) is 8.55. The van der Waals surface area contributed by atoms with E-state index in [1.54, 1.807) is 13.8 Å². The second-order valence-corrected chi connectivity index (χ2v) is 21.0. The molecule has 2 N–H and O–H groups in total. The lowest BCUT2D eigenvalue weighted by molar-refractivity contribution is -0.220. The van der Waals surface area contributed by atoms with Crippen molar-refractivity contribution < 1.29 is 29.3 Å². The quantitative estimate of drug-likeness (QED) is 0.230. The number of aliphatic hydroxyl groups excluding tert-OH is 1. The number of ether oxygens (including phenoxy) is 1. The summed E-state index contributed by atoms with van der Waals surface area (Å²) < 4.78 is 6.21. The van der Waals surface area contributed by atoms with Crippen LogP contribution in [0.3, 0.4) is 0 Å². The van der Waals surface area contributed by atoms with E-state index in [4.69, 9.17) is 16.3 Å². The fraction of sp³-hybridized carbons (Fsp3) is 0.756. The number of likely N-dealkylation sites (N-methyl/N-ethyl adjacent to an activating group) is 1. The van der Waals surface area contributed by atoms with E-state index in [9.17, 15) is 24.6 Å². The van der Waals surface area contributed by atoms with Crippen LogP contribution in [0.25, 0.3) is 0 Å². The topological polar surface area (TPSA) is 104 Å². The molecule has 1 spiro atoms. The molecule has 6 aliphatic rings. The highest BCUT2D eigenvalue weighted by Crippen LogP contribution is 2.87. The third-order valence-electron chi connectivity index (χ3n) is 17.3. The second kappa shape index (κ2) is 12.6. The molecule has 1 aromatic carbocycles. The SMILES string of the molecule is CC(C)C1=C2[C@H]3CC[C@@H]4[C@@]5(C)CC[C@H](OC(=O)CC(C)(C)C(=O)O)C6(C)C[C@]65CC[C@@]4(C)[C@]3(C)CCC2([C@H](O)CN(C)Cc2ccc(Cl)cc2)CC1=O. The Hall–Kier alpha value is -2.22. The summed E-state index contributed by atoms with van der Waals surface area (Å²) in [4.78, 5) is 41.2. The average molecular weight is 750 g/mol. The van der Waals surface area contributed by atoms with Crippen molar-refractivity contribution in [2.45, 2.75) is 145 Å². The Kier molecular flexibility index (Phi) is 9.31. The first-order valence-corrected chi connectivity index (χ1v) is 20.8. The molecule has 7 rings (SSSR count). The van der Waals surface area contributed by atoms with Crippen LogP contribution in [0.4, 0.5) is 0 Å². The number of Topliss-reactive ketones (excluding diaryl/α,β-unsaturated/α-hetero) is 1. The molecule has 0 radical (unpaired) electrons. The molecule has 0 bridgehead atoms. The predicted octanol–water partition coefficient (Wildman–Crippen LogP) is 9.28. The maximum absolute atomic E-state index is 14.1. The summed E-state index contributed by atoms with van der Waals surface area (Å²) >= 11 is 6.15. The number of nitrogens with zero attached hydrogens (tertiary/aromatic N) is 1. The normalized spacial score (nSPS) is 40.9. The van der Waals surface area contributed by atoms with Crippen molar-refractivity contribution in [3.05, 3.63) is 46.0 Å². The molecule has 10 atom stereocenters. The fourth-order valence-corrected chi connectivity index (χ4v) is 14.3. The number of carbonyl (C=O) groups excluding carboxylic acids is 2. The molecule has 2 unspecified atom stereocenters. The number of hydrogen-bond donors (Lipinski definition) is 2. The van der Waals surface area contributed by atoms with E-state index in [0.717, 1.165) is 68.9 Å². The van der Waals surface area contributed by atoms with E-state index >= 15 is 0 Å². The number of hydrogen-bond acceptors (Lipinski definition) is 6. The van der Waals surface area contributed by atoms with Crippen molar-refractivity contribution in [1.82, 2.24) is 4.90 Å². The number of fused-ring (bicyclic) bond motifs is 6. The van der Waals surface area contributed by atoms with Crippen LogP contribution in [0.5, 0.6) is 0 Å². The Balaban J connectivity index is 1.15. The lowest BCUT2D eigenvalue weighted by Crippen LogP contribution is -2.65. The zero-order valence-electron chi connectivity index (χ0n) is 33.7. The van der Waals surface area contributed by atoms with Crippen molar-refractivity contribution >= 4 is 29.3 Å². The van der Waals surface area contributed by atoms with Gasteiger partial charge in [0.05, 0.1) is 17.9 Å². The van der Waals surface area contributed by atoms with Gasteiger partial charge < -0.3 is 14.9 Å². The van der Waals surface area contributed by atoms with Gasteiger partial charge in [-0.25, -0.2) is 0 Å². The number of carboxylic acids is 1. The van der Waals surface area contributed by atoms with Gasteiger partial charge in [-0.1, -0.05) is 70.8 Å². The highest BCUT2D eigenvalue weighted by molar-refractivity contribution is 6.30. The number of rotatable bonds is 10. The minimum atomic E-state index is -1.15. The molecule has 5 fully saturated rings. The molecular formula is C45H64ClNO6. The molecule has 5 saturated carbocycles. The molecule has 0 aliphatic heterocycles. The molecule has 53 heavy (non-hydrogen) atoms. The third-order valence-corrected chi connectivity index (χ3v) is 17.6. The summed E-state index contributed by atoms with van der Waals surface area (Å²) in [6, 6.07) is 7.90. The number of aliphatic hydroxyl groups is 1.